The summed E-state index contributed by atoms with van der Waals surface area (Å²) in [6, 6.07) is -0.452. The van der Waals surface area contributed by atoms with Gasteiger partial charge in [-0.1, -0.05) is 0 Å². The van der Waals surface area contributed by atoms with Gasteiger partial charge in [0.15, 0.2) is 0 Å². The molecule has 11 heteroatoms. The van der Waals surface area contributed by atoms with E-state index in [9.17, 15) is 18.0 Å². The molecule has 0 spiro atoms. The molecular formula is C17H24F3N5O3. The van der Waals surface area contributed by atoms with Gasteiger partial charge in [0.05, 0.1) is 24.8 Å². The summed E-state index contributed by atoms with van der Waals surface area (Å²) < 4.78 is 43.4. The zero-order chi connectivity index (χ0) is 20.3. The molecule has 3 heterocycles. The van der Waals surface area contributed by atoms with Crippen LogP contribution in [0, 0.1) is 0 Å². The number of piperidine rings is 1. The van der Waals surface area contributed by atoms with Gasteiger partial charge < -0.3 is 25.4 Å². The molecule has 2 fully saturated rings. The van der Waals surface area contributed by atoms with Crippen LogP contribution < -0.4 is 10.6 Å². The molecule has 1 amide bonds. The first-order valence-electron chi connectivity index (χ1n) is 9.22. The topological polar surface area (TPSA) is 105 Å². The van der Waals surface area contributed by atoms with Crippen LogP contribution in [0.3, 0.4) is 0 Å². The minimum absolute atomic E-state index is 0.0540. The zero-order valence-corrected chi connectivity index (χ0v) is 15.3. The molecule has 1 unspecified atom stereocenters. The Morgan fingerprint density at radius 1 is 1.21 bits per heavy atom. The van der Waals surface area contributed by atoms with Gasteiger partial charge in [-0.25, -0.2) is 9.97 Å². The standard InChI is InChI=1S/C17H24F3N5O3/c18-17(19,20)11-7-22-16(23-8-11)24-4-1-13(2-5-24)25-6-3-14(15(25)27)28-10-12(21)9-26/h7-8,12-14,26H,1-6,9-10,21H2/t12?,14-/m1/s1. The highest BCUT2D eigenvalue weighted by molar-refractivity contribution is 5.83. The lowest BCUT2D eigenvalue weighted by Gasteiger charge is -2.36. The number of nitrogens with two attached hydrogens (primary N) is 1. The number of amides is 1. The quantitative estimate of drug-likeness (QED) is 0.709. The summed E-state index contributed by atoms with van der Waals surface area (Å²) in [6.45, 7) is 1.64. The summed E-state index contributed by atoms with van der Waals surface area (Å²) in [5.74, 6) is 0.188. The molecule has 0 aromatic carbocycles. The maximum absolute atomic E-state index is 12.6. The maximum Gasteiger partial charge on any atom is 0.419 e. The van der Waals surface area contributed by atoms with Crippen LogP contribution in [0.5, 0.6) is 0 Å². The number of aliphatic hydroxyl groups excluding tert-OH is 1. The van der Waals surface area contributed by atoms with Gasteiger partial charge >= 0.3 is 6.18 Å². The molecule has 0 saturated carbocycles. The van der Waals surface area contributed by atoms with Crippen LogP contribution >= 0.6 is 0 Å². The number of hydrogen-bond donors (Lipinski definition) is 2. The number of halogens is 3. The van der Waals surface area contributed by atoms with Gasteiger partial charge in [-0.05, 0) is 12.8 Å². The Labute approximate surface area is 160 Å². The fourth-order valence-corrected chi connectivity index (χ4v) is 3.49. The summed E-state index contributed by atoms with van der Waals surface area (Å²) in [5, 5.41) is 8.93. The van der Waals surface area contributed by atoms with E-state index in [-0.39, 0.29) is 31.1 Å². The summed E-state index contributed by atoms with van der Waals surface area (Å²) in [5.41, 5.74) is 4.72. The van der Waals surface area contributed by atoms with E-state index in [1.54, 1.807) is 4.90 Å². The molecule has 28 heavy (non-hydrogen) atoms. The second kappa shape index (κ2) is 8.58. The van der Waals surface area contributed by atoms with Gasteiger partial charge in [-0.15, -0.1) is 0 Å². The Bertz CT molecular complexity index is 665. The van der Waals surface area contributed by atoms with Crippen LogP contribution in [0.25, 0.3) is 0 Å². The maximum atomic E-state index is 12.6. The van der Waals surface area contributed by atoms with E-state index < -0.39 is 23.9 Å². The minimum Gasteiger partial charge on any atom is -0.395 e. The molecule has 0 aliphatic carbocycles. The highest BCUT2D eigenvalue weighted by Gasteiger charge is 2.38. The predicted molar refractivity (Wildman–Crippen MR) is 93.4 cm³/mol. The number of hydrogen-bond acceptors (Lipinski definition) is 7. The fraction of sp³-hybridized carbons (Fsp3) is 0.706. The summed E-state index contributed by atoms with van der Waals surface area (Å²) in [4.78, 5) is 23.8. The molecule has 3 N–H and O–H groups in total. The molecule has 156 valence electrons. The third-order valence-corrected chi connectivity index (χ3v) is 5.09. The van der Waals surface area contributed by atoms with Crippen LogP contribution in [-0.2, 0) is 15.7 Å². The molecule has 2 atom stereocenters. The Balaban J connectivity index is 1.51. The number of aromatic nitrogens is 2. The number of rotatable bonds is 6. The Morgan fingerprint density at radius 2 is 1.86 bits per heavy atom. The lowest BCUT2D eigenvalue weighted by atomic mass is 10.0. The first-order chi connectivity index (χ1) is 13.3. The third kappa shape index (κ3) is 4.70. The van der Waals surface area contributed by atoms with E-state index in [0.717, 1.165) is 12.4 Å². The largest absolute Gasteiger partial charge is 0.419 e. The van der Waals surface area contributed by atoms with Crippen LogP contribution in [0.1, 0.15) is 24.8 Å². The van der Waals surface area contributed by atoms with E-state index in [0.29, 0.717) is 38.9 Å². The Kier molecular flexibility index (Phi) is 6.36. The summed E-state index contributed by atoms with van der Waals surface area (Å²) in [6.07, 6.45) is -1.47. The van der Waals surface area contributed by atoms with Crippen molar-refractivity contribution in [3.8, 4) is 0 Å². The number of likely N-dealkylation sites (tertiary alicyclic amines) is 1. The van der Waals surface area contributed by atoms with Gasteiger partial charge in [0.2, 0.25) is 5.95 Å². The van der Waals surface area contributed by atoms with Gasteiger partial charge in [-0.3, -0.25) is 4.79 Å². The van der Waals surface area contributed by atoms with Crippen LogP contribution in [0.15, 0.2) is 12.4 Å². The molecule has 2 aliphatic rings. The monoisotopic (exact) mass is 403 g/mol. The van der Waals surface area contributed by atoms with E-state index in [4.69, 9.17) is 15.6 Å². The van der Waals surface area contributed by atoms with Crippen LogP contribution in [0.4, 0.5) is 19.1 Å². The number of carbonyl (C=O) groups excluding carboxylic acids is 1. The number of aliphatic hydroxyl groups is 1. The number of ether oxygens (including phenoxy) is 1. The van der Waals surface area contributed by atoms with E-state index in [1.807, 2.05) is 4.90 Å². The lowest BCUT2D eigenvalue weighted by molar-refractivity contribution is -0.140. The van der Waals surface area contributed by atoms with E-state index in [1.165, 1.54) is 0 Å². The Hall–Kier alpha value is -1.98. The molecule has 8 nitrogen and oxygen atoms in total. The van der Waals surface area contributed by atoms with Crippen LogP contribution in [-0.4, -0.2) is 76.9 Å². The smallest absolute Gasteiger partial charge is 0.395 e. The first-order valence-corrected chi connectivity index (χ1v) is 9.22. The molecule has 0 bridgehead atoms. The fourth-order valence-electron chi connectivity index (χ4n) is 3.49. The molecule has 2 aliphatic heterocycles. The zero-order valence-electron chi connectivity index (χ0n) is 15.3. The third-order valence-electron chi connectivity index (χ3n) is 5.09. The number of anilines is 1. The van der Waals surface area contributed by atoms with Crippen molar-refractivity contribution in [1.82, 2.24) is 14.9 Å². The van der Waals surface area contributed by atoms with Gasteiger partial charge in [0.25, 0.3) is 5.91 Å². The second-order valence-corrected chi connectivity index (χ2v) is 7.07. The van der Waals surface area contributed by atoms with Gasteiger partial charge in [-0.2, -0.15) is 13.2 Å². The average molecular weight is 403 g/mol. The van der Waals surface area contributed by atoms with Crippen molar-refractivity contribution < 1.29 is 27.8 Å². The molecule has 1 aromatic heterocycles. The van der Waals surface area contributed by atoms with Crippen molar-refractivity contribution in [3.05, 3.63) is 18.0 Å². The minimum atomic E-state index is -4.46. The number of carbonyl (C=O) groups is 1. The SMILES string of the molecule is NC(CO)CO[C@@H]1CCN(C2CCN(c3ncc(C(F)(F)F)cn3)CC2)C1=O. The van der Waals surface area contributed by atoms with Crippen molar-refractivity contribution in [2.45, 2.75) is 43.6 Å². The highest BCUT2D eigenvalue weighted by atomic mass is 19.4. The molecule has 3 rings (SSSR count). The predicted octanol–water partition coefficient (Wildman–Crippen LogP) is 0.401. The average Bonchev–Trinajstić information content (AvgIpc) is 3.06. The van der Waals surface area contributed by atoms with Crippen LogP contribution in [0.2, 0.25) is 0 Å². The normalized spacial score (nSPS) is 22.8. The van der Waals surface area contributed by atoms with Gasteiger partial charge in [0, 0.05) is 44.5 Å². The van der Waals surface area contributed by atoms with Crippen molar-refractivity contribution in [3.63, 3.8) is 0 Å². The van der Waals surface area contributed by atoms with Crippen molar-refractivity contribution in [1.29, 1.82) is 0 Å². The molecule has 2 saturated heterocycles. The molecular weight excluding hydrogens is 379 g/mol. The first kappa shape index (κ1) is 20.7. The highest BCUT2D eigenvalue weighted by Crippen LogP contribution is 2.29. The number of nitrogens with zero attached hydrogens (tertiary/aromatic N) is 4. The summed E-state index contributed by atoms with van der Waals surface area (Å²) in [7, 11) is 0. The Morgan fingerprint density at radius 3 is 2.43 bits per heavy atom. The number of alkyl halides is 3. The van der Waals surface area contributed by atoms with Crippen molar-refractivity contribution >= 4 is 11.9 Å². The van der Waals surface area contributed by atoms with Crippen molar-refractivity contribution in [2.75, 3.05) is 37.7 Å². The van der Waals surface area contributed by atoms with Gasteiger partial charge in [0.1, 0.15) is 6.10 Å². The van der Waals surface area contributed by atoms with E-state index >= 15 is 0 Å². The summed E-state index contributed by atoms with van der Waals surface area (Å²) >= 11 is 0. The lowest BCUT2D eigenvalue weighted by Crippen LogP contribution is -2.47. The molecule has 0 radical (unpaired) electrons. The second-order valence-electron chi connectivity index (χ2n) is 7.07. The molecule has 1 aromatic rings. The van der Waals surface area contributed by atoms with Crippen molar-refractivity contribution in [2.24, 2.45) is 5.73 Å². The van der Waals surface area contributed by atoms with E-state index in [2.05, 4.69) is 9.97 Å².